The van der Waals surface area contributed by atoms with E-state index >= 15 is 0 Å². The Morgan fingerprint density at radius 2 is 1.47 bits per heavy atom. The van der Waals surface area contributed by atoms with E-state index in [0.717, 1.165) is 11.3 Å². The Morgan fingerprint density at radius 3 is 2.03 bits per heavy atom. The van der Waals surface area contributed by atoms with Crippen molar-refractivity contribution in [1.82, 2.24) is 0 Å². The number of amides is 1. The number of anilines is 1. The maximum Gasteiger partial charge on any atom is 0.269 e. The lowest BCUT2D eigenvalue weighted by Crippen LogP contribution is -2.27. The van der Waals surface area contributed by atoms with Crippen molar-refractivity contribution in [2.45, 2.75) is 5.37 Å². The number of carbonyl (C=O) groups is 1. The molecule has 0 N–H and O–H groups in total. The lowest BCUT2D eigenvalue weighted by Gasteiger charge is -2.24. The minimum absolute atomic E-state index is 0.00406. The van der Waals surface area contributed by atoms with Gasteiger partial charge in [0.1, 0.15) is 5.37 Å². The summed E-state index contributed by atoms with van der Waals surface area (Å²) in [5, 5.41) is 11.8. The zero-order valence-corrected chi connectivity index (χ0v) is 17.7. The first kappa shape index (κ1) is 20.5. The van der Waals surface area contributed by atoms with Crippen LogP contribution in [0.3, 0.4) is 0 Å². The van der Waals surface area contributed by atoms with Gasteiger partial charge in [0, 0.05) is 27.9 Å². The zero-order chi connectivity index (χ0) is 21.3. The number of nitro benzene ring substituents is 1. The SMILES string of the molecule is O=C1/C(=C/c2ccc([N+](=O)[O-])cc2)SC(c2ccc(Cl)cc2)N1c1ccc(Cl)cc1. The first-order valence-electron chi connectivity index (χ1n) is 8.90. The number of rotatable bonds is 4. The van der Waals surface area contributed by atoms with Gasteiger partial charge in [-0.15, -0.1) is 0 Å². The number of thioether (sulfide) groups is 1. The van der Waals surface area contributed by atoms with E-state index in [-0.39, 0.29) is 17.0 Å². The van der Waals surface area contributed by atoms with Crippen molar-refractivity contribution in [3.63, 3.8) is 0 Å². The fraction of sp³-hybridized carbons (Fsp3) is 0.0455. The fourth-order valence-corrected chi connectivity index (χ4v) is 4.60. The maximum atomic E-state index is 13.3. The van der Waals surface area contributed by atoms with E-state index < -0.39 is 4.92 Å². The molecule has 0 radical (unpaired) electrons. The van der Waals surface area contributed by atoms with E-state index in [1.807, 2.05) is 12.1 Å². The third kappa shape index (κ3) is 4.21. The highest BCUT2D eigenvalue weighted by Gasteiger charge is 2.38. The van der Waals surface area contributed by atoms with Gasteiger partial charge in [0.25, 0.3) is 11.6 Å². The Balaban J connectivity index is 1.73. The summed E-state index contributed by atoms with van der Waals surface area (Å²) < 4.78 is 0. The second-order valence-corrected chi connectivity index (χ2v) is 8.53. The Morgan fingerprint density at radius 1 is 0.900 bits per heavy atom. The Bertz CT molecular complexity index is 1130. The molecule has 1 aliphatic rings. The summed E-state index contributed by atoms with van der Waals surface area (Å²) in [6.45, 7) is 0. The van der Waals surface area contributed by atoms with Crippen LogP contribution in [0, 0.1) is 10.1 Å². The van der Waals surface area contributed by atoms with Gasteiger partial charge in [-0.25, -0.2) is 0 Å². The molecule has 4 rings (SSSR count). The van der Waals surface area contributed by atoms with E-state index in [0.29, 0.717) is 20.5 Å². The van der Waals surface area contributed by atoms with Crippen LogP contribution in [0.15, 0.2) is 77.7 Å². The molecule has 1 fully saturated rings. The monoisotopic (exact) mass is 456 g/mol. The number of halogens is 2. The van der Waals surface area contributed by atoms with Crippen LogP contribution >= 0.6 is 35.0 Å². The molecule has 3 aromatic carbocycles. The van der Waals surface area contributed by atoms with E-state index in [1.165, 1.54) is 23.9 Å². The van der Waals surface area contributed by atoms with Crippen molar-refractivity contribution in [2.75, 3.05) is 4.90 Å². The molecule has 1 atom stereocenters. The average molecular weight is 457 g/mol. The average Bonchev–Trinajstić information content (AvgIpc) is 3.06. The molecule has 0 spiro atoms. The highest BCUT2D eigenvalue weighted by Crippen LogP contribution is 2.48. The topological polar surface area (TPSA) is 63.4 Å². The van der Waals surface area contributed by atoms with Crippen molar-refractivity contribution >= 4 is 58.3 Å². The molecule has 8 heteroatoms. The molecule has 1 aliphatic heterocycles. The van der Waals surface area contributed by atoms with E-state index in [1.54, 1.807) is 59.5 Å². The van der Waals surface area contributed by atoms with Crippen molar-refractivity contribution < 1.29 is 9.72 Å². The van der Waals surface area contributed by atoms with Crippen molar-refractivity contribution in [3.05, 3.63) is 109 Å². The second kappa shape index (κ2) is 8.52. The largest absolute Gasteiger partial charge is 0.291 e. The Hall–Kier alpha value is -2.80. The first-order chi connectivity index (χ1) is 14.4. The minimum Gasteiger partial charge on any atom is -0.291 e. The van der Waals surface area contributed by atoms with Crippen molar-refractivity contribution in [1.29, 1.82) is 0 Å². The van der Waals surface area contributed by atoms with Gasteiger partial charge in [0.05, 0.1) is 9.83 Å². The highest BCUT2D eigenvalue weighted by molar-refractivity contribution is 8.05. The molecule has 30 heavy (non-hydrogen) atoms. The molecular weight excluding hydrogens is 443 g/mol. The number of nitro groups is 1. The molecule has 1 saturated heterocycles. The summed E-state index contributed by atoms with van der Waals surface area (Å²) in [6.07, 6.45) is 1.75. The van der Waals surface area contributed by atoms with E-state index in [9.17, 15) is 14.9 Å². The van der Waals surface area contributed by atoms with Crippen LogP contribution in [0.1, 0.15) is 16.5 Å². The third-order valence-electron chi connectivity index (χ3n) is 4.56. The summed E-state index contributed by atoms with van der Waals surface area (Å²) in [5.74, 6) is -0.152. The molecule has 1 unspecified atom stereocenters. The Kier molecular flexibility index (Phi) is 5.81. The fourth-order valence-electron chi connectivity index (χ4n) is 3.09. The molecular formula is C22H14Cl2N2O3S. The molecule has 0 saturated carbocycles. The summed E-state index contributed by atoms with van der Waals surface area (Å²) in [5.41, 5.74) is 2.37. The molecule has 0 aliphatic carbocycles. The zero-order valence-electron chi connectivity index (χ0n) is 15.4. The minimum atomic E-state index is -0.453. The molecule has 0 aromatic heterocycles. The summed E-state index contributed by atoms with van der Waals surface area (Å²) in [4.78, 5) is 26.0. The molecule has 0 bridgehead atoms. The van der Waals surface area contributed by atoms with Gasteiger partial charge in [-0.2, -0.15) is 0 Å². The van der Waals surface area contributed by atoms with Gasteiger partial charge in [0.2, 0.25) is 0 Å². The van der Waals surface area contributed by atoms with Crippen LogP contribution in [-0.2, 0) is 4.79 Å². The number of carbonyl (C=O) groups excluding carboxylic acids is 1. The van der Waals surface area contributed by atoms with Crippen LogP contribution in [-0.4, -0.2) is 10.8 Å². The standard InChI is InChI=1S/C22H14Cl2N2O3S/c23-16-5-3-15(4-6-16)22-25(18-11-7-17(24)8-12-18)21(27)20(30-22)13-14-1-9-19(10-2-14)26(28)29/h1-13,22H/b20-13-. The number of benzene rings is 3. The number of hydrogen-bond acceptors (Lipinski definition) is 4. The first-order valence-corrected chi connectivity index (χ1v) is 10.5. The van der Waals surface area contributed by atoms with Gasteiger partial charge >= 0.3 is 0 Å². The lowest BCUT2D eigenvalue weighted by atomic mass is 10.1. The maximum absolute atomic E-state index is 13.3. The second-order valence-electron chi connectivity index (χ2n) is 6.53. The van der Waals surface area contributed by atoms with Gasteiger partial charge < -0.3 is 0 Å². The van der Waals surface area contributed by atoms with E-state index in [4.69, 9.17) is 23.2 Å². The van der Waals surface area contributed by atoms with Crippen LogP contribution in [0.25, 0.3) is 6.08 Å². The normalized spacial score (nSPS) is 17.5. The summed E-state index contributed by atoms with van der Waals surface area (Å²) in [7, 11) is 0. The van der Waals surface area contributed by atoms with Crippen LogP contribution in [0.4, 0.5) is 11.4 Å². The van der Waals surface area contributed by atoms with Crippen molar-refractivity contribution in [3.8, 4) is 0 Å². The van der Waals surface area contributed by atoms with Crippen LogP contribution < -0.4 is 4.90 Å². The molecule has 5 nitrogen and oxygen atoms in total. The lowest BCUT2D eigenvalue weighted by molar-refractivity contribution is -0.384. The Labute approximate surface area is 187 Å². The predicted molar refractivity (Wildman–Crippen MR) is 122 cm³/mol. The van der Waals surface area contributed by atoms with Crippen LogP contribution in [0.2, 0.25) is 10.0 Å². The predicted octanol–water partition coefficient (Wildman–Crippen LogP) is 6.72. The molecule has 1 heterocycles. The van der Waals surface area contributed by atoms with Gasteiger partial charge in [-0.3, -0.25) is 19.8 Å². The van der Waals surface area contributed by atoms with Gasteiger partial charge in [-0.1, -0.05) is 47.1 Å². The highest BCUT2D eigenvalue weighted by atomic mass is 35.5. The number of hydrogen-bond donors (Lipinski definition) is 0. The quantitative estimate of drug-likeness (QED) is 0.248. The van der Waals surface area contributed by atoms with Crippen molar-refractivity contribution in [2.24, 2.45) is 0 Å². The summed E-state index contributed by atoms with van der Waals surface area (Å²) >= 11 is 13.5. The molecule has 150 valence electrons. The third-order valence-corrected chi connectivity index (χ3v) is 6.32. The number of nitrogens with zero attached hydrogens (tertiary/aromatic N) is 2. The molecule has 3 aromatic rings. The van der Waals surface area contributed by atoms with Crippen LogP contribution in [0.5, 0.6) is 0 Å². The smallest absolute Gasteiger partial charge is 0.269 e. The van der Waals surface area contributed by atoms with Gasteiger partial charge in [-0.05, 0) is 65.7 Å². The van der Waals surface area contributed by atoms with Gasteiger partial charge in [0.15, 0.2) is 0 Å². The molecule has 1 amide bonds. The van der Waals surface area contributed by atoms with E-state index in [2.05, 4.69) is 0 Å². The number of non-ortho nitro benzene ring substituents is 1. The summed E-state index contributed by atoms with van der Waals surface area (Å²) in [6, 6.07) is 20.6.